The van der Waals surface area contributed by atoms with Crippen LogP contribution >= 0.6 is 24.0 Å². The zero-order chi connectivity index (χ0) is 18.8. The van der Waals surface area contributed by atoms with E-state index in [1.54, 1.807) is 6.20 Å². The molecule has 1 fully saturated rings. The van der Waals surface area contributed by atoms with Crippen LogP contribution in [-0.2, 0) is 0 Å². The molecule has 0 spiro atoms. The Labute approximate surface area is 172 Å². The topological polar surface area (TPSA) is 64.2 Å². The Morgan fingerprint density at radius 2 is 1.93 bits per heavy atom. The van der Waals surface area contributed by atoms with Gasteiger partial charge in [0.1, 0.15) is 0 Å². The highest BCUT2D eigenvalue weighted by Gasteiger charge is 2.29. The van der Waals surface area contributed by atoms with Gasteiger partial charge in [-0.25, -0.2) is 4.68 Å². The fourth-order valence-corrected chi connectivity index (χ4v) is 3.88. The van der Waals surface area contributed by atoms with Gasteiger partial charge >= 0.3 is 0 Å². The number of nitrogens with two attached hydrogens (primary N) is 1. The van der Waals surface area contributed by atoms with Crippen molar-refractivity contribution < 1.29 is 4.79 Å². The van der Waals surface area contributed by atoms with Gasteiger partial charge in [0.15, 0.2) is 0 Å². The number of halogens is 2. The molecule has 1 aliphatic rings. The minimum atomic E-state index is 0. The number of aromatic nitrogens is 2. The third-order valence-corrected chi connectivity index (χ3v) is 5.44. The Morgan fingerprint density at radius 1 is 1.26 bits per heavy atom. The largest absolute Gasteiger partial charge is 0.339 e. The Hall–Kier alpha value is -1.56. The fraction of sp³-hybridized carbons (Fsp3) is 0.500. The first kappa shape index (κ1) is 21.7. The second kappa shape index (κ2) is 9.09. The van der Waals surface area contributed by atoms with Gasteiger partial charge in [0.05, 0.1) is 23.1 Å². The molecule has 0 saturated carbocycles. The first-order valence-corrected chi connectivity index (χ1v) is 9.65. The van der Waals surface area contributed by atoms with Crippen LogP contribution in [0.1, 0.15) is 55.6 Å². The van der Waals surface area contributed by atoms with E-state index in [0.717, 1.165) is 37.3 Å². The van der Waals surface area contributed by atoms with Gasteiger partial charge in [-0.05, 0) is 49.8 Å². The standard InChI is InChI=1S/C20H27ClN4O.ClH/c1-13(2)19-18(12-23-25(19)17-6-4-5-16(21)11-17)20(26)24-9-7-15(8-10-24)14(3)22;/h4-6,11-15H,7-10,22H2,1-3H3;1H. The monoisotopic (exact) mass is 410 g/mol. The van der Waals surface area contributed by atoms with Crippen molar-refractivity contribution in [3.8, 4) is 5.69 Å². The van der Waals surface area contributed by atoms with Gasteiger partial charge < -0.3 is 10.6 Å². The minimum absolute atomic E-state index is 0. The predicted molar refractivity (Wildman–Crippen MR) is 112 cm³/mol. The molecule has 0 aliphatic carbocycles. The lowest BCUT2D eigenvalue weighted by atomic mass is 9.90. The molecule has 0 bridgehead atoms. The van der Waals surface area contributed by atoms with E-state index in [1.165, 1.54) is 0 Å². The summed E-state index contributed by atoms with van der Waals surface area (Å²) in [6.45, 7) is 7.72. The van der Waals surface area contributed by atoms with Crippen molar-refractivity contribution in [1.29, 1.82) is 0 Å². The zero-order valence-electron chi connectivity index (χ0n) is 16.1. The van der Waals surface area contributed by atoms with Crippen molar-refractivity contribution in [2.75, 3.05) is 13.1 Å². The van der Waals surface area contributed by atoms with Crippen molar-refractivity contribution in [2.45, 2.75) is 45.6 Å². The van der Waals surface area contributed by atoms with Crippen LogP contribution in [0.2, 0.25) is 5.02 Å². The van der Waals surface area contributed by atoms with Crippen LogP contribution in [0.15, 0.2) is 30.5 Å². The molecule has 2 aromatic rings. The summed E-state index contributed by atoms with van der Waals surface area (Å²) in [5.74, 6) is 0.722. The van der Waals surface area contributed by atoms with Gasteiger partial charge in [0, 0.05) is 24.2 Å². The third kappa shape index (κ3) is 4.65. The van der Waals surface area contributed by atoms with E-state index in [0.29, 0.717) is 16.5 Å². The molecule has 0 radical (unpaired) electrons. The minimum Gasteiger partial charge on any atom is -0.339 e. The van der Waals surface area contributed by atoms with Gasteiger partial charge in [0.25, 0.3) is 5.91 Å². The summed E-state index contributed by atoms with van der Waals surface area (Å²) < 4.78 is 1.83. The Kier molecular flexibility index (Phi) is 7.32. The molecule has 7 heteroatoms. The molecule has 1 saturated heterocycles. The lowest BCUT2D eigenvalue weighted by Crippen LogP contribution is -2.42. The van der Waals surface area contributed by atoms with E-state index in [-0.39, 0.29) is 30.3 Å². The molecule has 1 aliphatic heterocycles. The van der Waals surface area contributed by atoms with Gasteiger partial charge in [-0.3, -0.25) is 4.79 Å². The summed E-state index contributed by atoms with van der Waals surface area (Å²) in [5, 5.41) is 5.15. The van der Waals surface area contributed by atoms with Crippen molar-refractivity contribution in [3.63, 3.8) is 0 Å². The van der Waals surface area contributed by atoms with Crippen molar-refractivity contribution in [3.05, 3.63) is 46.7 Å². The molecule has 2 heterocycles. The van der Waals surface area contributed by atoms with Gasteiger partial charge in [-0.15, -0.1) is 12.4 Å². The van der Waals surface area contributed by atoms with Crippen molar-refractivity contribution >= 4 is 29.9 Å². The molecule has 1 aromatic heterocycles. The number of carbonyl (C=O) groups excluding carboxylic acids is 1. The van der Waals surface area contributed by atoms with E-state index in [9.17, 15) is 4.79 Å². The van der Waals surface area contributed by atoms with E-state index >= 15 is 0 Å². The quantitative estimate of drug-likeness (QED) is 0.817. The van der Waals surface area contributed by atoms with Crippen molar-refractivity contribution in [2.24, 2.45) is 11.7 Å². The second-order valence-electron chi connectivity index (χ2n) is 7.48. The Morgan fingerprint density at radius 3 is 2.48 bits per heavy atom. The molecule has 1 atom stereocenters. The van der Waals surface area contributed by atoms with Crippen LogP contribution in [-0.4, -0.2) is 39.7 Å². The number of piperidine rings is 1. The number of amides is 1. The summed E-state index contributed by atoms with van der Waals surface area (Å²) in [7, 11) is 0. The van der Waals surface area contributed by atoms with Crippen LogP contribution < -0.4 is 5.73 Å². The molecule has 2 N–H and O–H groups in total. The summed E-state index contributed by atoms with van der Waals surface area (Å²) >= 11 is 6.13. The molecular weight excluding hydrogens is 383 g/mol. The van der Waals surface area contributed by atoms with Crippen LogP contribution in [0, 0.1) is 5.92 Å². The lowest BCUT2D eigenvalue weighted by Gasteiger charge is -2.33. The maximum atomic E-state index is 13.1. The Balaban J connectivity index is 0.00000261. The molecule has 5 nitrogen and oxygen atoms in total. The number of hydrogen-bond donors (Lipinski definition) is 1. The van der Waals surface area contributed by atoms with E-state index in [1.807, 2.05) is 40.8 Å². The van der Waals surface area contributed by atoms with Crippen molar-refractivity contribution in [1.82, 2.24) is 14.7 Å². The normalized spacial score (nSPS) is 16.3. The highest BCUT2D eigenvalue weighted by molar-refractivity contribution is 6.30. The average molecular weight is 411 g/mol. The van der Waals surface area contributed by atoms with Crippen LogP contribution in [0.5, 0.6) is 0 Å². The SMILES string of the molecule is CC(C)c1c(C(=O)N2CCC(C(C)N)CC2)cnn1-c1cccc(Cl)c1.Cl. The highest BCUT2D eigenvalue weighted by Crippen LogP contribution is 2.27. The average Bonchev–Trinajstić information content (AvgIpc) is 3.06. The number of benzene rings is 1. The number of likely N-dealkylation sites (tertiary alicyclic amines) is 1. The van der Waals surface area contributed by atoms with Crippen LogP contribution in [0.25, 0.3) is 5.69 Å². The van der Waals surface area contributed by atoms with Crippen LogP contribution in [0.4, 0.5) is 0 Å². The first-order valence-electron chi connectivity index (χ1n) is 9.27. The van der Waals surface area contributed by atoms with Crippen LogP contribution in [0.3, 0.4) is 0 Å². The lowest BCUT2D eigenvalue weighted by molar-refractivity contribution is 0.0679. The summed E-state index contributed by atoms with van der Waals surface area (Å²) in [6, 6.07) is 7.72. The fourth-order valence-electron chi connectivity index (χ4n) is 3.69. The smallest absolute Gasteiger partial charge is 0.257 e. The molecule has 148 valence electrons. The van der Waals surface area contributed by atoms with E-state index in [4.69, 9.17) is 17.3 Å². The number of carbonyl (C=O) groups is 1. The number of hydrogen-bond acceptors (Lipinski definition) is 3. The molecule has 27 heavy (non-hydrogen) atoms. The van der Waals surface area contributed by atoms with E-state index < -0.39 is 0 Å². The third-order valence-electron chi connectivity index (χ3n) is 5.21. The zero-order valence-corrected chi connectivity index (χ0v) is 17.6. The molecular formula is C20H28Cl2N4O. The number of rotatable bonds is 4. The van der Waals surface area contributed by atoms with Gasteiger partial charge in [-0.2, -0.15) is 5.10 Å². The molecule has 1 amide bonds. The maximum absolute atomic E-state index is 13.1. The number of nitrogens with zero attached hydrogens (tertiary/aromatic N) is 3. The van der Waals surface area contributed by atoms with Gasteiger partial charge in [0.2, 0.25) is 0 Å². The Bertz CT molecular complexity index is 780. The van der Waals surface area contributed by atoms with E-state index in [2.05, 4.69) is 18.9 Å². The molecule has 3 rings (SSSR count). The first-order chi connectivity index (χ1) is 12.4. The maximum Gasteiger partial charge on any atom is 0.257 e. The second-order valence-corrected chi connectivity index (χ2v) is 7.92. The molecule has 1 unspecified atom stereocenters. The molecule has 1 aromatic carbocycles. The van der Waals surface area contributed by atoms with Gasteiger partial charge in [-0.1, -0.05) is 31.5 Å². The predicted octanol–water partition coefficient (Wildman–Crippen LogP) is 4.27. The highest BCUT2D eigenvalue weighted by atomic mass is 35.5. The summed E-state index contributed by atoms with van der Waals surface area (Å²) in [5.41, 5.74) is 8.49. The summed E-state index contributed by atoms with van der Waals surface area (Å²) in [4.78, 5) is 15.1. The summed E-state index contributed by atoms with van der Waals surface area (Å²) in [6.07, 6.45) is 3.61.